The minimum absolute atomic E-state index is 0.138. The van der Waals surface area contributed by atoms with Gasteiger partial charge in [0.2, 0.25) is 0 Å². The molecule has 0 radical (unpaired) electrons. The molecular formula is C19H16FN3O3S. The summed E-state index contributed by atoms with van der Waals surface area (Å²) in [5.41, 5.74) is 1.00. The summed E-state index contributed by atoms with van der Waals surface area (Å²) in [5, 5.41) is 12.3. The normalized spacial score (nSPS) is 16.6. The molecule has 1 aliphatic rings. The molecule has 0 saturated carbocycles. The standard InChI is InChI=1S/C19H16FN3O3S/c1-25-13-7-8-16(26-2)14(9-13)17-22-18(24)15(10-21)19(27)23(17)12-5-3-11(20)4-6-12/h3-9,17,27H,1-2H3,(H,22,24)/t17-/m1/s1. The van der Waals surface area contributed by atoms with Gasteiger partial charge in [0.1, 0.15) is 35.1 Å². The third-order valence-corrected chi connectivity index (χ3v) is 4.59. The van der Waals surface area contributed by atoms with Crippen LogP contribution in [0.3, 0.4) is 0 Å². The highest BCUT2D eigenvalue weighted by Gasteiger charge is 2.35. The molecule has 0 aliphatic carbocycles. The highest BCUT2D eigenvalue weighted by atomic mass is 32.1. The van der Waals surface area contributed by atoms with Crippen molar-refractivity contribution in [3.8, 4) is 17.6 Å². The first kappa shape index (κ1) is 18.6. The van der Waals surface area contributed by atoms with Crippen molar-refractivity contribution in [2.45, 2.75) is 6.17 Å². The minimum Gasteiger partial charge on any atom is -0.497 e. The summed E-state index contributed by atoms with van der Waals surface area (Å²) >= 11 is 4.41. The molecule has 0 fully saturated rings. The van der Waals surface area contributed by atoms with E-state index in [0.29, 0.717) is 22.7 Å². The van der Waals surface area contributed by atoms with Gasteiger partial charge in [0.25, 0.3) is 5.91 Å². The number of nitriles is 1. The highest BCUT2D eigenvalue weighted by Crippen LogP contribution is 2.39. The van der Waals surface area contributed by atoms with Crippen LogP contribution in [-0.4, -0.2) is 20.1 Å². The largest absolute Gasteiger partial charge is 0.497 e. The number of carbonyl (C=O) groups excluding carboxylic acids is 1. The van der Waals surface area contributed by atoms with Crippen molar-refractivity contribution in [3.05, 3.63) is 64.4 Å². The molecule has 1 amide bonds. The van der Waals surface area contributed by atoms with E-state index in [-0.39, 0.29) is 10.6 Å². The fourth-order valence-electron chi connectivity index (χ4n) is 2.85. The number of thiol groups is 1. The summed E-state index contributed by atoms with van der Waals surface area (Å²) in [4.78, 5) is 14.0. The lowest BCUT2D eigenvalue weighted by molar-refractivity contribution is -0.118. The first-order valence-corrected chi connectivity index (χ1v) is 8.35. The Morgan fingerprint density at radius 2 is 1.89 bits per heavy atom. The molecule has 0 unspecified atom stereocenters. The third kappa shape index (κ3) is 3.41. The number of amides is 1. The Kier molecular flexibility index (Phi) is 5.23. The predicted octanol–water partition coefficient (Wildman–Crippen LogP) is 3.14. The molecular weight excluding hydrogens is 369 g/mol. The molecule has 8 heteroatoms. The third-order valence-electron chi connectivity index (χ3n) is 4.15. The Labute approximate surface area is 161 Å². The number of ether oxygens (including phenoxy) is 2. The van der Waals surface area contributed by atoms with Crippen molar-refractivity contribution in [1.82, 2.24) is 5.32 Å². The van der Waals surface area contributed by atoms with Crippen LogP contribution in [0.2, 0.25) is 0 Å². The molecule has 2 aromatic carbocycles. The van der Waals surface area contributed by atoms with Gasteiger partial charge < -0.3 is 19.7 Å². The molecule has 27 heavy (non-hydrogen) atoms. The summed E-state index contributed by atoms with van der Waals surface area (Å²) in [6.45, 7) is 0. The van der Waals surface area contributed by atoms with E-state index in [1.807, 2.05) is 6.07 Å². The zero-order valence-electron chi connectivity index (χ0n) is 14.6. The van der Waals surface area contributed by atoms with Crippen molar-refractivity contribution in [1.29, 1.82) is 5.26 Å². The van der Waals surface area contributed by atoms with Crippen LogP contribution in [0.4, 0.5) is 10.1 Å². The lowest BCUT2D eigenvalue weighted by Gasteiger charge is -2.38. The predicted molar refractivity (Wildman–Crippen MR) is 101 cm³/mol. The summed E-state index contributed by atoms with van der Waals surface area (Å²) in [7, 11) is 3.04. The summed E-state index contributed by atoms with van der Waals surface area (Å²) < 4.78 is 24.1. The zero-order valence-corrected chi connectivity index (χ0v) is 15.5. The summed E-state index contributed by atoms with van der Waals surface area (Å²) in [6.07, 6.45) is -0.738. The summed E-state index contributed by atoms with van der Waals surface area (Å²) in [5.74, 6) is 0.112. The average molecular weight is 385 g/mol. The molecule has 1 atom stereocenters. The number of nitrogens with one attached hydrogen (secondary N) is 1. The maximum Gasteiger partial charge on any atom is 0.266 e. The van der Waals surface area contributed by atoms with Gasteiger partial charge >= 0.3 is 0 Å². The number of carbonyl (C=O) groups is 1. The molecule has 0 bridgehead atoms. The van der Waals surface area contributed by atoms with Gasteiger partial charge in [0.15, 0.2) is 0 Å². The number of anilines is 1. The lowest BCUT2D eigenvalue weighted by atomic mass is 10.1. The number of benzene rings is 2. The first-order valence-electron chi connectivity index (χ1n) is 7.91. The maximum absolute atomic E-state index is 13.4. The fourth-order valence-corrected chi connectivity index (χ4v) is 3.23. The molecule has 1 heterocycles. The number of hydrogen-bond donors (Lipinski definition) is 2. The Bertz CT molecular complexity index is 954. The van der Waals surface area contributed by atoms with Gasteiger partial charge in [0.05, 0.1) is 19.2 Å². The molecule has 0 saturated heterocycles. The van der Waals surface area contributed by atoms with Crippen LogP contribution >= 0.6 is 12.6 Å². The van der Waals surface area contributed by atoms with Crippen molar-refractivity contribution in [2.24, 2.45) is 0 Å². The molecule has 6 nitrogen and oxygen atoms in total. The Morgan fingerprint density at radius 1 is 1.19 bits per heavy atom. The van der Waals surface area contributed by atoms with E-state index in [4.69, 9.17) is 9.47 Å². The van der Waals surface area contributed by atoms with Crippen molar-refractivity contribution in [3.63, 3.8) is 0 Å². The average Bonchev–Trinajstić information content (AvgIpc) is 2.68. The first-order chi connectivity index (χ1) is 13.0. The molecule has 2 aromatic rings. The summed E-state index contributed by atoms with van der Waals surface area (Å²) in [6, 6.07) is 12.7. The van der Waals surface area contributed by atoms with Crippen LogP contribution < -0.4 is 19.7 Å². The maximum atomic E-state index is 13.4. The van der Waals surface area contributed by atoms with Gasteiger partial charge in [-0.05, 0) is 42.5 Å². The molecule has 1 aliphatic heterocycles. The number of methoxy groups -OCH3 is 2. The topological polar surface area (TPSA) is 74.6 Å². The van der Waals surface area contributed by atoms with Gasteiger partial charge in [0, 0.05) is 11.3 Å². The van der Waals surface area contributed by atoms with E-state index >= 15 is 0 Å². The minimum atomic E-state index is -0.738. The molecule has 0 aromatic heterocycles. The van der Waals surface area contributed by atoms with E-state index < -0.39 is 17.9 Å². The molecule has 3 rings (SSSR count). The Balaban J connectivity index is 2.21. The quantitative estimate of drug-likeness (QED) is 0.791. The monoisotopic (exact) mass is 385 g/mol. The van der Waals surface area contributed by atoms with Crippen LogP contribution in [0, 0.1) is 17.1 Å². The van der Waals surface area contributed by atoms with Gasteiger partial charge in [-0.3, -0.25) is 4.79 Å². The van der Waals surface area contributed by atoms with Gasteiger partial charge in [-0.15, -0.1) is 12.6 Å². The van der Waals surface area contributed by atoms with Crippen molar-refractivity contribution >= 4 is 24.2 Å². The van der Waals surface area contributed by atoms with Crippen molar-refractivity contribution < 1.29 is 18.7 Å². The van der Waals surface area contributed by atoms with E-state index in [9.17, 15) is 14.4 Å². The van der Waals surface area contributed by atoms with E-state index in [0.717, 1.165) is 0 Å². The second-order valence-electron chi connectivity index (χ2n) is 5.64. The number of halogens is 1. The van der Waals surface area contributed by atoms with Crippen LogP contribution in [0.25, 0.3) is 0 Å². The SMILES string of the molecule is COc1ccc(OC)c([C@@H]2NC(=O)C(C#N)=C(S)N2c2ccc(F)cc2)c1. The Hall–Kier alpha value is -3.18. The van der Waals surface area contributed by atoms with E-state index in [1.54, 1.807) is 23.1 Å². The second-order valence-corrected chi connectivity index (χ2v) is 6.06. The number of nitrogens with zero attached hydrogens (tertiary/aromatic N) is 2. The smallest absolute Gasteiger partial charge is 0.266 e. The van der Waals surface area contributed by atoms with E-state index in [2.05, 4.69) is 17.9 Å². The van der Waals surface area contributed by atoms with E-state index in [1.165, 1.54) is 38.5 Å². The molecule has 0 spiro atoms. The Morgan fingerprint density at radius 3 is 2.48 bits per heavy atom. The number of rotatable bonds is 4. The van der Waals surface area contributed by atoms with Crippen LogP contribution in [0.5, 0.6) is 11.5 Å². The molecule has 138 valence electrons. The van der Waals surface area contributed by atoms with Crippen LogP contribution in [0.15, 0.2) is 53.1 Å². The zero-order chi connectivity index (χ0) is 19.6. The second kappa shape index (κ2) is 7.60. The lowest BCUT2D eigenvalue weighted by Crippen LogP contribution is -2.46. The highest BCUT2D eigenvalue weighted by molar-refractivity contribution is 7.84. The van der Waals surface area contributed by atoms with Gasteiger partial charge in [-0.2, -0.15) is 5.26 Å². The van der Waals surface area contributed by atoms with Crippen LogP contribution in [-0.2, 0) is 4.79 Å². The van der Waals surface area contributed by atoms with Crippen molar-refractivity contribution in [2.75, 3.05) is 19.1 Å². The van der Waals surface area contributed by atoms with Crippen LogP contribution in [0.1, 0.15) is 11.7 Å². The molecule has 1 N–H and O–H groups in total. The van der Waals surface area contributed by atoms with Gasteiger partial charge in [-0.1, -0.05) is 0 Å². The number of hydrogen-bond acceptors (Lipinski definition) is 6. The fraction of sp³-hybridized carbons (Fsp3) is 0.158. The van der Waals surface area contributed by atoms with Gasteiger partial charge in [-0.25, -0.2) is 4.39 Å².